The molecule has 1 amide bonds. The average molecular weight is 349 g/mol. The van der Waals surface area contributed by atoms with E-state index in [1.54, 1.807) is 25.1 Å². The van der Waals surface area contributed by atoms with Crippen LogP contribution in [0.1, 0.15) is 25.5 Å². The number of nitrogens with two attached hydrogens (primary N) is 1. The predicted molar refractivity (Wildman–Crippen MR) is 92.7 cm³/mol. The number of benzene rings is 1. The Morgan fingerprint density at radius 3 is 2.62 bits per heavy atom. The van der Waals surface area contributed by atoms with Gasteiger partial charge in [-0.05, 0) is 43.8 Å². The molecule has 7 nitrogen and oxygen atoms in total. The van der Waals surface area contributed by atoms with E-state index in [4.69, 9.17) is 27.4 Å². The number of carbonyl (C=O) groups excluding carboxylic acids is 2. The van der Waals surface area contributed by atoms with Crippen LogP contribution in [0, 0.1) is 0 Å². The Morgan fingerprint density at radius 1 is 1.33 bits per heavy atom. The Kier molecular flexibility index (Phi) is 5.40. The molecule has 1 atom stereocenters. The van der Waals surface area contributed by atoms with Gasteiger partial charge in [-0.2, -0.15) is 0 Å². The SMILES string of the molecule is COc1cc([C@H]2NC(=S)NC(C)=C2C(C)=O)ccc1OCC(N)=O. The summed E-state index contributed by atoms with van der Waals surface area (Å²) in [7, 11) is 1.49. The molecule has 0 saturated heterocycles. The zero-order valence-corrected chi connectivity index (χ0v) is 14.5. The van der Waals surface area contributed by atoms with Gasteiger partial charge in [0.1, 0.15) is 0 Å². The van der Waals surface area contributed by atoms with Crippen molar-refractivity contribution < 1.29 is 19.1 Å². The zero-order valence-electron chi connectivity index (χ0n) is 13.6. The van der Waals surface area contributed by atoms with Gasteiger partial charge in [0.25, 0.3) is 5.91 Å². The third-order valence-electron chi connectivity index (χ3n) is 3.54. The van der Waals surface area contributed by atoms with Crippen molar-refractivity contribution >= 4 is 29.0 Å². The van der Waals surface area contributed by atoms with E-state index in [-0.39, 0.29) is 12.4 Å². The maximum Gasteiger partial charge on any atom is 0.255 e. The maximum absolute atomic E-state index is 12.0. The summed E-state index contributed by atoms with van der Waals surface area (Å²) < 4.78 is 10.6. The number of carbonyl (C=O) groups is 2. The van der Waals surface area contributed by atoms with E-state index in [1.165, 1.54) is 14.0 Å². The van der Waals surface area contributed by atoms with Gasteiger partial charge >= 0.3 is 0 Å². The number of ketones is 1. The summed E-state index contributed by atoms with van der Waals surface area (Å²) in [6.07, 6.45) is 0. The molecule has 24 heavy (non-hydrogen) atoms. The Bertz CT molecular complexity index is 730. The number of rotatable bonds is 6. The summed E-state index contributed by atoms with van der Waals surface area (Å²) >= 11 is 5.18. The summed E-state index contributed by atoms with van der Waals surface area (Å²) in [6, 6.07) is 4.78. The second kappa shape index (κ2) is 7.31. The first-order valence-electron chi connectivity index (χ1n) is 7.21. The number of hydrogen-bond donors (Lipinski definition) is 3. The van der Waals surface area contributed by atoms with Gasteiger partial charge in [0.15, 0.2) is 29.0 Å². The van der Waals surface area contributed by atoms with Crippen LogP contribution in [-0.4, -0.2) is 30.5 Å². The molecule has 0 spiro atoms. The van der Waals surface area contributed by atoms with Gasteiger partial charge in [-0.3, -0.25) is 9.59 Å². The number of Topliss-reactive ketones (excluding diaryl/α,β-unsaturated/α-hetero) is 1. The highest BCUT2D eigenvalue weighted by Crippen LogP contribution is 2.34. The molecule has 1 aliphatic heterocycles. The molecule has 1 aliphatic rings. The Morgan fingerprint density at radius 2 is 2.04 bits per heavy atom. The first-order chi connectivity index (χ1) is 11.3. The monoisotopic (exact) mass is 349 g/mol. The second-order valence-corrected chi connectivity index (χ2v) is 5.70. The quantitative estimate of drug-likeness (QED) is 0.657. The van der Waals surface area contributed by atoms with Gasteiger partial charge in [0.05, 0.1) is 13.2 Å². The van der Waals surface area contributed by atoms with Crippen molar-refractivity contribution in [1.29, 1.82) is 0 Å². The standard InChI is InChI=1S/C16H19N3O4S/c1-8-14(9(2)20)15(19-16(24)18-8)10-4-5-11(12(6-10)22-3)23-7-13(17)21/h4-6,15H,7H2,1-3H3,(H2,17,21)(H2,18,19,24)/t15-/m1/s1. The van der Waals surface area contributed by atoms with Gasteiger partial charge in [0.2, 0.25) is 0 Å². The van der Waals surface area contributed by atoms with Crippen molar-refractivity contribution in [2.24, 2.45) is 5.73 Å². The van der Waals surface area contributed by atoms with Crippen molar-refractivity contribution in [2.75, 3.05) is 13.7 Å². The van der Waals surface area contributed by atoms with E-state index in [0.717, 1.165) is 5.56 Å². The first-order valence-corrected chi connectivity index (χ1v) is 7.62. The van der Waals surface area contributed by atoms with Gasteiger partial charge < -0.3 is 25.8 Å². The summed E-state index contributed by atoms with van der Waals surface area (Å²) in [5, 5.41) is 6.48. The van der Waals surface area contributed by atoms with Crippen molar-refractivity contribution in [3.63, 3.8) is 0 Å². The molecular formula is C16H19N3O4S. The van der Waals surface area contributed by atoms with Crippen LogP contribution in [-0.2, 0) is 9.59 Å². The minimum Gasteiger partial charge on any atom is -0.493 e. The van der Waals surface area contributed by atoms with Crippen LogP contribution < -0.4 is 25.8 Å². The molecule has 0 bridgehead atoms. The highest BCUT2D eigenvalue weighted by molar-refractivity contribution is 7.80. The normalized spacial score (nSPS) is 17.0. The van der Waals surface area contributed by atoms with Gasteiger partial charge in [-0.25, -0.2) is 0 Å². The van der Waals surface area contributed by atoms with Gasteiger partial charge in [-0.1, -0.05) is 6.07 Å². The molecule has 4 N–H and O–H groups in total. The fourth-order valence-corrected chi connectivity index (χ4v) is 2.81. The maximum atomic E-state index is 12.0. The van der Waals surface area contributed by atoms with Crippen molar-refractivity contribution in [3.05, 3.63) is 35.0 Å². The van der Waals surface area contributed by atoms with Crippen LogP contribution in [0.2, 0.25) is 0 Å². The molecular weight excluding hydrogens is 330 g/mol. The number of amides is 1. The van der Waals surface area contributed by atoms with Crippen LogP contribution in [0.4, 0.5) is 0 Å². The number of ether oxygens (including phenoxy) is 2. The first kappa shape index (κ1) is 17.7. The molecule has 0 saturated carbocycles. The lowest BCUT2D eigenvalue weighted by Gasteiger charge is -2.30. The van der Waals surface area contributed by atoms with E-state index in [0.29, 0.717) is 27.9 Å². The van der Waals surface area contributed by atoms with Gasteiger partial charge in [-0.15, -0.1) is 0 Å². The third kappa shape index (κ3) is 3.83. The topological polar surface area (TPSA) is 103 Å². The fourth-order valence-electron chi connectivity index (χ4n) is 2.54. The Labute approximate surface area is 145 Å². The van der Waals surface area contributed by atoms with E-state index in [2.05, 4.69) is 10.6 Å². The largest absolute Gasteiger partial charge is 0.493 e. The third-order valence-corrected chi connectivity index (χ3v) is 3.76. The molecule has 0 aliphatic carbocycles. The second-order valence-electron chi connectivity index (χ2n) is 5.29. The van der Waals surface area contributed by atoms with E-state index >= 15 is 0 Å². The molecule has 1 heterocycles. The summed E-state index contributed by atoms with van der Waals surface area (Å²) in [5.74, 6) is 0.180. The minimum atomic E-state index is -0.580. The van der Waals surface area contributed by atoms with E-state index in [1.807, 2.05) is 0 Å². The lowest BCUT2D eigenvalue weighted by molar-refractivity contribution is -0.120. The highest BCUT2D eigenvalue weighted by Gasteiger charge is 2.28. The number of nitrogens with one attached hydrogen (secondary N) is 2. The molecule has 0 fully saturated rings. The minimum absolute atomic E-state index is 0.0620. The van der Waals surface area contributed by atoms with E-state index in [9.17, 15) is 9.59 Å². The van der Waals surface area contributed by atoms with Crippen LogP contribution in [0.15, 0.2) is 29.5 Å². The lowest BCUT2D eigenvalue weighted by Crippen LogP contribution is -2.44. The molecule has 0 unspecified atom stereocenters. The summed E-state index contributed by atoms with van der Waals surface area (Å²) in [4.78, 5) is 22.9. The number of allylic oxidation sites excluding steroid dienone is 1. The molecule has 2 rings (SSSR count). The molecule has 0 aromatic heterocycles. The fraction of sp³-hybridized carbons (Fsp3) is 0.312. The summed E-state index contributed by atoms with van der Waals surface area (Å²) in [6.45, 7) is 3.06. The zero-order chi connectivity index (χ0) is 17.9. The van der Waals surface area contributed by atoms with Crippen LogP contribution in [0.25, 0.3) is 0 Å². The average Bonchev–Trinajstić information content (AvgIpc) is 2.51. The Hall–Kier alpha value is -2.61. The van der Waals surface area contributed by atoms with Crippen LogP contribution >= 0.6 is 12.2 Å². The number of thiocarbonyl (C=S) groups is 1. The van der Waals surface area contributed by atoms with Crippen molar-refractivity contribution in [2.45, 2.75) is 19.9 Å². The van der Waals surface area contributed by atoms with Crippen molar-refractivity contribution in [3.8, 4) is 11.5 Å². The molecule has 128 valence electrons. The molecule has 8 heteroatoms. The summed E-state index contributed by atoms with van der Waals surface area (Å²) in [5.41, 5.74) is 7.17. The van der Waals surface area contributed by atoms with Crippen LogP contribution in [0.5, 0.6) is 11.5 Å². The predicted octanol–water partition coefficient (Wildman–Crippen LogP) is 0.941. The number of hydrogen-bond acceptors (Lipinski definition) is 5. The number of primary amides is 1. The number of methoxy groups -OCH3 is 1. The molecule has 0 radical (unpaired) electrons. The van der Waals surface area contributed by atoms with Gasteiger partial charge in [0, 0.05) is 11.3 Å². The van der Waals surface area contributed by atoms with Crippen molar-refractivity contribution in [1.82, 2.24) is 10.6 Å². The molecule has 1 aromatic rings. The molecule has 1 aromatic carbocycles. The highest BCUT2D eigenvalue weighted by atomic mass is 32.1. The Balaban J connectivity index is 2.40. The van der Waals surface area contributed by atoms with E-state index < -0.39 is 11.9 Å². The lowest BCUT2D eigenvalue weighted by atomic mass is 9.93. The smallest absolute Gasteiger partial charge is 0.255 e. The van der Waals surface area contributed by atoms with Crippen LogP contribution in [0.3, 0.4) is 0 Å².